The second kappa shape index (κ2) is 5.65. The molecule has 84 valence electrons. The standard InChI is InChI=1S/C11H11NO4/c13-9(6-10(14)15)7-12-11(16)8-4-2-1-3-5-8/h1-5H,6-7H2,(H,12,16)(H,14,15). The summed E-state index contributed by atoms with van der Waals surface area (Å²) in [7, 11) is 0. The van der Waals surface area contributed by atoms with E-state index in [0.717, 1.165) is 0 Å². The number of amides is 1. The number of rotatable bonds is 5. The molecule has 0 unspecified atom stereocenters. The minimum atomic E-state index is -1.20. The number of carboxylic acid groups (broad SMARTS) is 1. The number of nitrogens with one attached hydrogen (secondary N) is 1. The summed E-state index contributed by atoms with van der Waals surface area (Å²) in [6.45, 7) is -0.264. The fourth-order valence-corrected chi connectivity index (χ4v) is 1.10. The van der Waals surface area contributed by atoms with E-state index in [9.17, 15) is 14.4 Å². The van der Waals surface area contributed by atoms with E-state index in [1.54, 1.807) is 30.3 Å². The first kappa shape index (κ1) is 11.9. The van der Waals surface area contributed by atoms with E-state index in [0.29, 0.717) is 5.56 Å². The summed E-state index contributed by atoms with van der Waals surface area (Å²) >= 11 is 0. The van der Waals surface area contributed by atoms with Crippen LogP contribution in [0.4, 0.5) is 0 Å². The molecule has 1 aromatic carbocycles. The molecule has 2 N–H and O–H groups in total. The van der Waals surface area contributed by atoms with Crippen molar-refractivity contribution < 1.29 is 19.5 Å². The van der Waals surface area contributed by atoms with E-state index in [4.69, 9.17) is 5.11 Å². The van der Waals surface area contributed by atoms with E-state index < -0.39 is 18.2 Å². The van der Waals surface area contributed by atoms with Gasteiger partial charge in [-0.15, -0.1) is 0 Å². The van der Waals surface area contributed by atoms with Crippen molar-refractivity contribution in [2.75, 3.05) is 6.54 Å². The third-order valence-corrected chi connectivity index (χ3v) is 1.83. The van der Waals surface area contributed by atoms with Crippen LogP contribution in [0.15, 0.2) is 30.3 Å². The molecule has 0 fully saturated rings. The molecule has 5 nitrogen and oxygen atoms in total. The van der Waals surface area contributed by atoms with Crippen LogP contribution in [0.2, 0.25) is 0 Å². The monoisotopic (exact) mass is 221 g/mol. The van der Waals surface area contributed by atoms with E-state index in [-0.39, 0.29) is 12.5 Å². The number of hydrogen-bond donors (Lipinski definition) is 2. The minimum Gasteiger partial charge on any atom is -0.481 e. The molecule has 0 radical (unpaired) electrons. The van der Waals surface area contributed by atoms with Crippen molar-refractivity contribution in [3.05, 3.63) is 35.9 Å². The Morgan fingerprint density at radius 2 is 1.75 bits per heavy atom. The first-order valence-electron chi connectivity index (χ1n) is 4.66. The van der Waals surface area contributed by atoms with Gasteiger partial charge in [0.1, 0.15) is 6.42 Å². The van der Waals surface area contributed by atoms with Crippen molar-refractivity contribution in [1.82, 2.24) is 5.32 Å². The molecular formula is C11H11NO4. The molecule has 0 aliphatic rings. The van der Waals surface area contributed by atoms with Crippen LogP contribution >= 0.6 is 0 Å². The third-order valence-electron chi connectivity index (χ3n) is 1.83. The summed E-state index contributed by atoms with van der Waals surface area (Å²) in [5, 5.41) is 10.7. The Bertz CT molecular complexity index is 400. The molecule has 0 aliphatic carbocycles. The number of benzene rings is 1. The molecule has 1 aromatic rings. The second-order valence-electron chi connectivity index (χ2n) is 3.16. The highest BCUT2D eigenvalue weighted by Gasteiger charge is 2.10. The van der Waals surface area contributed by atoms with E-state index in [1.807, 2.05) is 0 Å². The van der Waals surface area contributed by atoms with Gasteiger partial charge in [0, 0.05) is 5.56 Å². The average Bonchev–Trinajstić information content (AvgIpc) is 2.26. The Labute approximate surface area is 92.1 Å². The molecular weight excluding hydrogens is 210 g/mol. The maximum absolute atomic E-state index is 11.4. The summed E-state index contributed by atoms with van der Waals surface area (Å²) in [6.07, 6.45) is -0.574. The molecule has 0 atom stereocenters. The lowest BCUT2D eigenvalue weighted by atomic mass is 10.2. The van der Waals surface area contributed by atoms with Gasteiger partial charge in [-0.25, -0.2) is 0 Å². The Kier molecular flexibility index (Phi) is 4.20. The van der Waals surface area contributed by atoms with Crippen molar-refractivity contribution >= 4 is 17.7 Å². The minimum absolute atomic E-state index is 0.264. The highest BCUT2D eigenvalue weighted by Crippen LogP contribution is 1.97. The van der Waals surface area contributed by atoms with Gasteiger partial charge in [-0.05, 0) is 12.1 Å². The highest BCUT2D eigenvalue weighted by molar-refractivity contribution is 6.00. The number of carboxylic acids is 1. The van der Waals surface area contributed by atoms with Crippen molar-refractivity contribution in [3.63, 3.8) is 0 Å². The Balaban J connectivity index is 2.42. The van der Waals surface area contributed by atoms with Gasteiger partial charge in [0.25, 0.3) is 5.91 Å². The van der Waals surface area contributed by atoms with E-state index >= 15 is 0 Å². The van der Waals surface area contributed by atoms with Gasteiger partial charge in [0.15, 0.2) is 5.78 Å². The van der Waals surface area contributed by atoms with Crippen molar-refractivity contribution in [3.8, 4) is 0 Å². The van der Waals surface area contributed by atoms with Gasteiger partial charge in [-0.1, -0.05) is 18.2 Å². The van der Waals surface area contributed by atoms with Crippen LogP contribution in [-0.2, 0) is 9.59 Å². The molecule has 1 rings (SSSR count). The lowest BCUT2D eigenvalue weighted by molar-refractivity contribution is -0.140. The molecule has 0 spiro atoms. The van der Waals surface area contributed by atoms with Gasteiger partial charge < -0.3 is 10.4 Å². The lowest BCUT2D eigenvalue weighted by Gasteiger charge is -2.02. The van der Waals surface area contributed by atoms with Crippen LogP contribution in [0.5, 0.6) is 0 Å². The molecule has 0 bridgehead atoms. The number of Topliss-reactive ketones (excluding diaryl/α,β-unsaturated/α-hetero) is 1. The topological polar surface area (TPSA) is 83.5 Å². The molecule has 5 heteroatoms. The summed E-state index contributed by atoms with van der Waals surface area (Å²) in [5.41, 5.74) is 0.436. The zero-order chi connectivity index (χ0) is 12.0. The predicted octanol–water partition coefficient (Wildman–Crippen LogP) is 0.460. The van der Waals surface area contributed by atoms with E-state index in [1.165, 1.54) is 0 Å². The summed E-state index contributed by atoms with van der Waals surface area (Å²) in [4.78, 5) is 32.6. The van der Waals surface area contributed by atoms with Crippen LogP contribution in [0.3, 0.4) is 0 Å². The van der Waals surface area contributed by atoms with Crippen molar-refractivity contribution in [2.24, 2.45) is 0 Å². The normalized spacial score (nSPS) is 9.50. The molecule has 16 heavy (non-hydrogen) atoms. The van der Waals surface area contributed by atoms with Gasteiger partial charge in [0.2, 0.25) is 0 Å². The first-order valence-corrected chi connectivity index (χ1v) is 4.66. The number of carbonyl (C=O) groups excluding carboxylic acids is 2. The first-order chi connectivity index (χ1) is 7.59. The van der Waals surface area contributed by atoms with Gasteiger partial charge in [-0.2, -0.15) is 0 Å². The van der Waals surface area contributed by atoms with Crippen molar-refractivity contribution in [2.45, 2.75) is 6.42 Å². The van der Waals surface area contributed by atoms with Gasteiger partial charge in [0.05, 0.1) is 6.54 Å². The number of hydrogen-bond acceptors (Lipinski definition) is 3. The van der Waals surface area contributed by atoms with E-state index in [2.05, 4.69) is 5.32 Å². The van der Waals surface area contributed by atoms with Crippen LogP contribution in [0.1, 0.15) is 16.8 Å². The van der Waals surface area contributed by atoms with Crippen LogP contribution < -0.4 is 5.32 Å². The molecule has 1 amide bonds. The second-order valence-corrected chi connectivity index (χ2v) is 3.16. The SMILES string of the molecule is O=C(O)CC(=O)CNC(=O)c1ccccc1. The van der Waals surface area contributed by atoms with Gasteiger partial charge in [-0.3, -0.25) is 14.4 Å². The molecule has 0 saturated heterocycles. The lowest BCUT2D eigenvalue weighted by Crippen LogP contribution is -2.30. The Morgan fingerprint density at radius 1 is 1.12 bits per heavy atom. The van der Waals surface area contributed by atoms with Crippen molar-refractivity contribution in [1.29, 1.82) is 0 Å². The van der Waals surface area contributed by atoms with Crippen LogP contribution in [0, 0.1) is 0 Å². The fourth-order valence-electron chi connectivity index (χ4n) is 1.10. The summed E-state index contributed by atoms with van der Waals surface area (Å²) < 4.78 is 0. The zero-order valence-electron chi connectivity index (χ0n) is 8.47. The number of ketones is 1. The summed E-state index contributed by atoms with van der Waals surface area (Å²) in [6, 6.07) is 8.39. The van der Waals surface area contributed by atoms with Gasteiger partial charge >= 0.3 is 5.97 Å². The highest BCUT2D eigenvalue weighted by atomic mass is 16.4. The smallest absolute Gasteiger partial charge is 0.310 e. The maximum atomic E-state index is 11.4. The number of aliphatic carboxylic acids is 1. The predicted molar refractivity (Wildman–Crippen MR) is 56.0 cm³/mol. The van der Waals surface area contributed by atoms with Crippen LogP contribution in [-0.4, -0.2) is 29.3 Å². The summed E-state index contributed by atoms with van der Waals surface area (Å²) in [5.74, 6) is -2.12. The molecule has 0 aliphatic heterocycles. The maximum Gasteiger partial charge on any atom is 0.310 e. The molecule has 0 saturated carbocycles. The fraction of sp³-hybridized carbons (Fsp3) is 0.182. The quantitative estimate of drug-likeness (QED) is 0.707. The Hall–Kier alpha value is -2.17. The number of carbonyl (C=O) groups is 3. The average molecular weight is 221 g/mol. The molecule has 0 heterocycles. The third kappa shape index (κ3) is 3.91. The van der Waals surface area contributed by atoms with Crippen LogP contribution in [0.25, 0.3) is 0 Å². The Morgan fingerprint density at radius 3 is 2.31 bits per heavy atom. The molecule has 0 aromatic heterocycles. The largest absolute Gasteiger partial charge is 0.481 e. The zero-order valence-corrected chi connectivity index (χ0v) is 8.47.